The van der Waals surface area contributed by atoms with E-state index in [4.69, 9.17) is 0 Å². The van der Waals surface area contributed by atoms with Gasteiger partial charge in [-0.15, -0.1) is 11.3 Å². The molecule has 0 saturated heterocycles. The van der Waals surface area contributed by atoms with Gasteiger partial charge >= 0.3 is 6.18 Å². The highest BCUT2D eigenvalue weighted by atomic mass is 32.1. The number of halogens is 3. The quantitative estimate of drug-likeness (QED) is 0.538. The van der Waals surface area contributed by atoms with Gasteiger partial charge in [0.15, 0.2) is 11.7 Å². The van der Waals surface area contributed by atoms with Gasteiger partial charge in [-0.1, -0.05) is 26.7 Å². The van der Waals surface area contributed by atoms with Gasteiger partial charge in [-0.25, -0.2) is 4.98 Å². The predicted molar refractivity (Wildman–Crippen MR) is 96.9 cm³/mol. The molecule has 0 aliphatic heterocycles. The van der Waals surface area contributed by atoms with Crippen LogP contribution in [0.15, 0.2) is 10.4 Å². The van der Waals surface area contributed by atoms with Crippen molar-refractivity contribution in [3.8, 4) is 0 Å². The van der Waals surface area contributed by atoms with E-state index >= 15 is 0 Å². The molecule has 0 amide bonds. The Kier molecular flexibility index (Phi) is 8.64. The van der Waals surface area contributed by atoms with Crippen molar-refractivity contribution in [2.45, 2.75) is 45.5 Å². The van der Waals surface area contributed by atoms with E-state index in [0.29, 0.717) is 29.5 Å². The van der Waals surface area contributed by atoms with Crippen molar-refractivity contribution in [3.63, 3.8) is 0 Å². The van der Waals surface area contributed by atoms with E-state index < -0.39 is 11.9 Å². The Balaban J connectivity index is 2.58. The monoisotopic (exact) mass is 379 g/mol. The van der Waals surface area contributed by atoms with Gasteiger partial charge in [-0.05, 0) is 20.0 Å². The van der Waals surface area contributed by atoms with Crippen LogP contribution in [0.1, 0.15) is 37.4 Å². The smallest absolute Gasteiger partial charge is 0.355 e. The van der Waals surface area contributed by atoms with Crippen molar-refractivity contribution in [1.82, 2.24) is 20.5 Å². The average Bonchev–Trinajstić information content (AvgIpc) is 3.03. The van der Waals surface area contributed by atoms with Crippen LogP contribution >= 0.6 is 11.3 Å². The first-order chi connectivity index (χ1) is 11.7. The molecule has 9 heteroatoms. The lowest BCUT2D eigenvalue weighted by molar-refractivity contribution is -0.140. The van der Waals surface area contributed by atoms with Crippen molar-refractivity contribution in [1.29, 1.82) is 0 Å². The van der Waals surface area contributed by atoms with Crippen molar-refractivity contribution in [3.05, 3.63) is 16.1 Å². The van der Waals surface area contributed by atoms with Crippen LogP contribution in [0.25, 0.3) is 0 Å². The molecule has 0 saturated carbocycles. The Morgan fingerprint density at radius 2 is 1.92 bits per heavy atom. The molecule has 0 aromatic carbocycles. The van der Waals surface area contributed by atoms with E-state index in [9.17, 15) is 13.2 Å². The largest absolute Gasteiger partial charge is 0.434 e. The molecular weight excluding hydrogens is 351 g/mol. The minimum Gasteiger partial charge on any atom is -0.355 e. The lowest BCUT2D eigenvalue weighted by atomic mass is 9.93. The lowest BCUT2D eigenvalue weighted by Gasteiger charge is -2.32. The molecule has 0 bridgehead atoms. The van der Waals surface area contributed by atoms with E-state index in [2.05, 4.69) is 53.5 Å². The van der Waals surface area contributed by atoms with E-state index in [1.165, 1.54) is 0 Å². The first-order valence-corrected chi connectivity index (χ1v) is 9.23. The highest BCUT2D eigenvalue weighted by Gasteiger charge is 2.33. The number of hydrogen-bond acceptors (Lipinski definition) is 4. The summed E-state index contributed by atoms with van der Waals surface area (Å²) in [7, 11) is 5.74. The summed E-state index contributed by atoms with van der Waals surface area (Å²) in [5.74, 6) is 1.12. The number of alkyl halides is 3. The second kappa shape index (κ2) is 9.96. The Morgan fingerprint density at radius 3 is 2.36 bits per heavy atom. The number of hydrogen-bond donors (Lipinski definition) is 2. The van der Waals surface area contributed by atoms with Crippen LogP contribution in [0.4, 0.5) is 13.2 Å². The minimum absolute atomic E-state index is 0.206. The minimum atomic E-state index is -4.40. The molecule has 1 heterocycles. The zero-order valence-electron chi connectivity index (χ0n) is 15.4. The summed E-state index contributed by atoms with van der Waals surface area (Å²) in [5.41, 5.74) is -0.848. The highest BCUT2D eigenvalue weighted by molar-refractivity contribution is 7.09. The summed E-state index contributed by atoms with van der Waals surface area (Å²) in [6.45, 7) is 5.28. The molecule has 1 aromatic heterocycles. The number of nitrogens with zero attached hydrogens (tertiary/aromatic N) is 3. The summed E-state index contributed by atoms with van der Waals surface area (Å²) in [4.78, 5) is 9.93. The van der Waals surface area contributed by atoms with E-state index in [1.54, 1.807) is 7.05 Å². The first kappa shape index (κ1) is 21.7. The van der Waals surface area contributed by atoms with E-state index in [0.717, 1.165) is 29.6 Å². The zero-order chi connectivity index (χ0) is 19.0. The summed E-state index contributed by atoms with van der Waals surface area (Å²) < 4.78 is 37.7. The van der Waals surface area contributed by atoms with Gasteiger partial charge in [0.25, 0.3) is 0 Å². The number of aromatic nitrogens is 1. The van der Waals surface area contributed by atoms with Crippen molar-refractivity contribution in [2.24, 2.45) is 10.9 Å². The molecule has 1 atom stereocenters. The second-order valence-electron chi connectivity index (χ2n) is 6.04. The Bertz CT molecular complexity index is 538. The Morgan fingerprint density at radius 1 is 1.28 bits per heavy atom. The summed E-state index contributed by atoms with van der Waals surface area (Å²) in [5, 5.41) is 7.68. The first-order valence-electron chi connectivity index (χ1n) is 8.35. The number of guanidine groups is 1. The van der Waals surface area contributed by atoms with Crippen LogP contribution < -0.4 is 10.6 Å². The van der Waals surface area contributed by atoms with Crippen LogP contribution in [-0.4, -0.2) is 49.6 Å². The number of aliphatic imine (C=N–C) groups is 1. The van der Waals surface area contributed by atoms with Crippen LogP contribution in [0.2, 0.25) is 0 Å². The zero-order valence-corrected chi connectivity index (χ0v) is 16.3. The number of thiazole rings is 1. The summed E-state index contributed by atoms with van der Waals surface area (Å²) in [6.07, 6.45) is -2.22. The van der Waals surface area contributed by atoms with Gasteiger partial charge < -0.3 is 15.5 Å². The third-order valence-electron chi connectivity index (χ3n) is 4.21. The average molecular weight is 379 g/mol. The van der Waals surface area contributed by atoms with Crippen LogP contribution in [0.3, 0.4) is 0 Å². The molecule has 0 radical (unpaired) electrons. The number of likely N-dealkylation sites (N-methyl/N-ethyl adjacent to an activating group) is 1. The fourth-order valence-corrected chi connectivity index (χ4v) is 3.45. The van der Waals surface area contributed by atoms with Crippen LogP contribution in [-0.2, 0) is 12.7 Å². The van der Waals surface area contributed by atoms with Crippen LogP contribution in [0, 0.1) is 5.92 Å². The number of nitrogens with one attached hydrogen (secondary N) is 2. The van der Waals surface area contributed by atoms with Crippen molar-refractivity contribution < 1.29 is 13.2 Å². The molecule has 2 N–H and O–H groups in total. The molecule has 1 aromatic rings. The van der Waals surface area contributed by atoms with Crippen molar-refractivity contribution in [2.75, 3.05) is 27.7 Å². The molecule has 0 fully saturated rings. The van der Waals surface area contributed by atoms with E-state index in [1.807, 2.05) is 0 Å². The van der Waals surface area contributed by atoms with Gasteiger partial charge in [-0.3, -0.25) is 4.99 Å². The maximum atomic E-state index is 12.6. The molecule has 1 rings (SSSR count). The van der Waals surface area contributed by atoms with Gasteiger partial charge in [0, 0.05) is 25.0 Å². The Labute approximate surface area is 151 Å². The third-order valence-corrected chi connectivity index (χ3v) is 5.06. The summed E-state index contributed by atoms with van der Waals surface area (Å²) in [6, 6.07) is 0.352. The normalized spacial score (nSPS) is 14.2. The molecule has 0 spiro atoms. The maximum absolute atomic E-state index is 12.6. The van der Waals surface area contributed by atoms with E-state index in [-0.39, 0.29) is 6.54 Å². The maximum Gasteiger partial charge on any atom is 0.434 e. The summed E-state index contributed by atoms with van der Waals surface area (Å²) >= 11 is 0.986. The SMILES string of the molecule is CCC(CC)C(CNC(=NC)NCc1nc(C(F)(F)F)cs1)N(C)C. The standard InChI is InChI=1S/C16H28F3N5S/c1-6-11(7-2)12(24(4)5)8-21-15(20-3)22-9-14-23-13(10-25-14)16(17,18)19/h10-12H,6-9H2,1-5H3,(H2,20,21,22). The molecule has 1 unspecified atom stereocenters. The fraction of sp³-hybridized carbons (Fsp3) is 0.750. The fourth-order valence-electron chi connectivity index (χ4n) is 2.71. The van der Waals surface area contributed by atoms with Crippen LogP contribution in [0.5, 0.6) is 0 Å². The van der Waals surface area contributed by atoms with Gasteiger partial charge in [0.2, 0.25) is 0 Å². The third kappa shape index (κ3) is 6.81. The molecule has 0 aliphatic rings. The number of rotatable bonds is 8. The molecule has 144 valence electrons. The van der Waals surface area contributed by atoms with Gasteiger partial charge in [0.1, 0.15) is 5.01 Å². The lowest BCUT2D eigenvalue weighted by Crippen LogP contribution is -2.47. The molecule has 0 aliphatic carbocycles. The van der Waals surface area contributed by atoms with Gasteiger partial charge in [0.05, 0.1) is 6.54 Å². The molecule has 25 heavy (non-hydrogen) atoms. The highest BCUT2D eigenvalue weighted by Crippen LogP contribution is 2.29. The molecule has 5 nitrogen and oxygen atoms in total. The van der Waals surface area contributed by atoms with Gasteiger partial charge in [-0.2, -0.15) is 13.2 Å². The Hall–Kier alpha value is -1.35. The topological polar surface area (TPSA) is 52.6 Å². The molecular formula is C16H28F3N5S. The predicted octanol–water partition coefficient (Wildman–Crippen LogP) is 3.19. The van der Waals surface area contributed by atoms with Crippen molar-refractivity contribution >= 4 is 17.3 Å². The second-order valence-corrected chi connectivity index (χ2v) is 6.98.